The molecule has 0 radical (unpaired) electrons. The lowest BCUT2D eigenvalue weighted by Gasteiger charge is -2.34. The lowest BCUT2D eigenvalue weighted by atomic mass is 10.1. The molecular weight excluding hydrogens is 406 g/mol. The Hall–Kier alpha value is -3.10. The summed E-state index contributed by atoms with van der Waals surface area (Å²) in [5, 5.41) is 8.44. The van der Waals surface area contributed by atoms with Crippen LogP contribution in [0.1, 0.15) is 25.0 Å². The van der Waals surface area contributed by atoms with Crippen LogP contribution in [0.3, 0.4) is 0 Å². The van der Waals surface area contributed by atoms with Crippen molar-refractivity contribution in [2.24, 2.45) is 0 Å². The number of piperazine rings is 1. The van der Waals surface area contributed by atoms with Crippen LogP contribution < -0.4 is 20.7 Å². The molecule has 3 amide bonds. The number of hydrogen-bond donors (Lipinski definition) is 3. The first-order valence-electron chi connectivity index (χ1n) is 11.2. The molecule has 8 heteroatoms. The second-order valence-electron chi connectivity index (χ2n) is 8.29. The van der Waals surface area contributed by atoms with E-state index in [1.807, 2.05) is 0 Å². The van der Waals surface area contributed by atoms with E-state index in [1.165, 1.54) is 5.56 Å². The van der Waals surface area contributed by atoms with Crippen molar-refractivity contribution in [2.75, 3.05) is 43.4 Å². The summed E-state index contributed by atoms with van der Waals surface area (Å²) in [6, 6.07) is 13.3. The SMILES string of the molecule is CCN1CCN(Cc2ccc(CNC(=O)Nc3ccc4c(c3)NC(=O)C(C)O4)cc2)CC1. The summed E-state index contributed by atoms with van der Waals surface area (Å²) in [4.78, 5) is 29.0. The maximum atomic E-state index is 12.3. The summed E-state index contributed by atoms with van der Waals surface area (Å²) in [6.45, 7) is 10.9. The Morgan fingerprint density at radius 1 is 1.06 bits per heavy atom. The Morgan fingerprint density at radius 2 is 1.75 bits per heavy atom. The van der Waals surface area contributed by atoms with Crippen LogP contribution >= 0.6 is 0 Å². The van der Waals surface area contributed by atoms with Crippen molar-refractivity contribution in [2.45, 2.75) is 33.0 Å². The van der Waals surface area contributed by atoms with E-state index < -0.39 is 6.10 Å². The van der Waals surface area contributed by atoms with Crippen molar-refractivity contribution in [3.8, 4) is 5.75 Å². The highest BCUT2D eigenvalue weighted by Crippen LogP contribution is 2.32. The van der Waals surface area contributed by atoms with Crippen LogP contribution in [-0.2, 0) is 17.9 Å². The predicted octanol–water partition coefficient (Wildman–Crippen LogP) is 2.87. The number of ether oxygens (including phenoxy) is 1. The molecule has 0 aliphatic carbocycles. The van der Waals surface area contributed by atoms with E-state index >= 15 is 0 Å². The van der Waals surface area contributed by atoms with Gasteiger partial charge in [0.15, 0.2) is 6.10 Å². The number of urea groups is 1. The Morgan fingerprint density at radius 3 is 2.47 bits per heavy atom. The summed E-state index contributed by atoms with van der Waals surface area (Å²) in [6.07, 6.45) is -0.526. The summed E-state index contributed by atoms with van der Waals surface area (Å²) in [7, 11) is 0. The van der Waals surface area contributed by atoms with Gasteiger partial charge in [-0.05, 0) is 42.8 Å². The fourth-order valence-electron chi connectivity index (χ4n) is 3.93. The first-order valence-corrected chi connectivity index (χ1v) is 11.2. The Bertz CT molecular complexity index is 955. The summed E-state index contributed by atoms with van der Waals surface area (Å²) >= 11 is 0. The minimum Gasteiger partial charge on any atom is -0.479 e. The first kappa shape index (κ1) is 22.1. The lowest BCUT2D eigenvalue weighted by Crippen LogP contribution is -2.45. The average molecular weight is 438 g/mol. The van der Waals surface area contributed by atoms with Gasteiger partial charge in [0.05, 0.1) is 5.69 Å². The molecule has 2 aromatic rings. The van der Waals surface area contributed by atoms with Crippen molar-refractivity contribution in [1.29, 1.82) is 0 Å². The molecule has 2 aromatic carbocycles. The van der Waals surface area contributed by atoms with Crippen LogP contribution in [0, 0.1) is 0 Å². The molecular formula is C24H31N5O3. The van der Waals surface area contributed by atoms with Crippen molar-refractivity contribution < 1.29 is 14.3 Å². The zero-order valence-corrected chi connectivity index (χ0v) is 18.7. The van der Waals surface area contributed by atoms with E-state index in [2.05, 4.69) is 56.9 Å². The minimum absolute atomic E-state index is 0.203. The molecule has 1 unspecified atom stereocenters. The van der Waals surface area contributed by atoms with Gasteiger partial charge in [0, 0.05) is 45.0 Å². The van der Waals surface area contributed by atoms with Crippen molar-refractivity contribution in [1.82, 2.24) is 15.1 Å². The average Bonchev–Trinajstić information content (AvgIpc) is 2.80. The fraction of sp³-hybridized carbons (Fsp3) is 0.417. The number of nitrogens with one attached hydrogen (secondary N) is 3. The molecule has 2 aliphatic rings. The molecule has 0 aromatic heterocycles. The zero-order chi connectivity index (χ0) is 22.5. The number of anilines is 2. The lowest BCUT2D eigenvalue weighted by molar-refractivity contribution is -0.122. The molecule has 0 bridgehead atoms. The van der Waals surface area contributed by atoms with E-state index in [9.17, 15) is 9.59 Å². The smallest absolute Gasteiger partial charge is 0.319 e. The maximum absolute atomic E-state index is 12.3. The number of hydrogen-bond acceptors (Lipinski definition) is 5. The van der Waals surface area contributed by atoms with Gasteiger partial charge < -0.3 is 25.6 Å². The number of rotatable bonds is 6. The molecule has 0 spiro atoms. The van der Waals surface area contributed by atoms with Gasteiger partial charge in [-0.15, -0.1) is 0 Å². The van der Waals surface area contributed by atoms with Gasteiger partial charge in [-0.2, -0.15) is 0 Å². The molecule has 32 heavy (non-hydrogen) atoms. The second kappa shape index (κ2) is 10.0. The predicted molar refractivity (Wildman–Crippen MR) is 125 cm³/mol. The zero-order valence-electron chi connectivity index (χ0n) is 18.7. The topological polar surface area (TPSA) is 85.9 Å². The maximum Gasteiger partial charge on any atom is 0.319 e. The van der Waals surface area contributed by atoms with Crippen LogP contribution in [0.4, 0.5) is 16.2 Å². The highest BCUT2D eigenvalue weighted by molar-refractivity contribution is 5.99. The number of likely N-dealkylation sites (N-methyl/N-ethyl adjacent to an activating group) is 1. The molecule has 4 rings (SSSR count). The van der Waals surface area contributed by atoms with E-state index in [-0.39, 0.29) is 11.9 Å². The molecule has 170 valence electrons. The number of carbonyl (C=O) groups excluding carboxylic acids is 2. The molecule has 0 saturated carbocycles. The quantitative estimate of drug-likeness (QED) is 0.647. The fourth-order valence-corrected chi connectivity index (χ4v) is 3.93. The van der Waals surface area contributed by atoms with E-state index in [0.29, 0.717) is 23.7 Å². The number of carbonyl (C=O) groups is 2. The highest BCUT2D eigenvalue weighted by atomic mass is 16.5. The third-order valence-electron chi connectivity index (χ3n) is 5.96. The summed E-state index contributed by atoms with van der Waals surface area (Å²) < 4.78 is 5.53. The standard InChI is InChI=1S/C24H31N5O3/c1-3-28-10-12-29(13-11-28)16-19-6-4-18(5-7-19)15-25-24(31)26-20-8-9-22-21(14-20)27-23(30)17(2)32-22/h4-9,14,17H,3,10-13,15-16H2,1-2H3,(H,27,30)(H2,25,26,31). The number of benzene rings is 2. The van der Waals surface area contributed by atoms with Gasteiger partial charge in [-0.25, -0.2) is 4.79 Å². The normalized spacial score (nSPS) is 18.9. The van der Waals surface area contributed by atoms with E-state index in [1.54, 1.807) is 25.1 Å². The van der Waals surface area contributed by atoms with Crippen LogP contribution in [0.5, 0.6) is 5.75 Å². The summed E-state index contributed by atoms with van der Waals surface area (Å²) in [5.74, 6) is 0.390. The monoisotopic (exact) mass is 437 g/mol. The Labute approximate surface area is 188 Å². The highest BCUT2D eigenvalue weighted by Gasteiger charge is 2.23. The van der Waals surface area contributed by atoms with Crippen molar-refractivity contribution in [3.63, 3.8) is 0 Å². The number of nitrogens with zero attached hydrogens (tertiary/aromatic N) is 2. The van der Waals surface area contributed by atoms with Crippen LogP contribution in [0.25, 0.3) is 0 Å². The molecule has 1 fully saturated rings. The van der Waals surface area contributed by atoms with E-state index in [0.717, 1.165) is 44.8 Å². The third kappa shape index (κ3) is 5.57. The van der Waals surface area contributed by atoms with Gasteiger partial charge in [0.1, 0.15) is 5.75 Å². The van der Waals surface area contributed by atoms with E-state index in [4.69, 9.17) is 4.74 Å². The van der Waals surface area contributed by atoms with Crippen LogP contribution in [0.15, 0.2) is 42.5 Å². The van der Waals surface area contributed by atoms with Crippen LogP contribution in [0.2, 0.25) is 0 Å². The van der Waals surface area contributed by atoms with Gasteiger partial charge in [-0.1, -0.05) is 31.2 Å². The minimum atomic E-state index is -0.526. The Balaban J connectivity index is 1.24. The molecule has 1 atom stereocenters. The summed E-state index contributed by atoms with van der Waals surface area (Å²) in [5.41, 5.74) is 3.46. The molecule has 3 N–H and O–H groups in total. The molecule has 1 saturated heterocycles. The Kier molecular flexibility index (Phi) is 6.92. The van der Waals surface area contributed by atoms with Crippen molar-refractivity contribution in [3.05, 3.63) is 53.6 Å². The van der Waals surface area contributed by atoms with Gasteiger partial charge in [0.2, 0.25) is 0 Å². The first-order chi connectivity index (χ1) is 15.5. The number of fused-ring (bicyclic) bond motifs is 1. The molecule has 8 nitrogen and oxygen atoms in total. The number of amides is 3. The third-order valence-corrected chi connectivity index (χ3v) is 5.96. The van der Waals surface area contributed by atoms with Crippen molar-refractivity contribution >= 4 is 23.3 Å². The van der Waals surface area contributed by atoms with Gasteiger partial charge >= 0.3 is 6.03 Å². The van der Waals surface area contributed by atoms with Gasteiger partial charge in [0.25, 0.3) is 5.91 Å². The largest absolute Gasteiger partial charge is 0.479 e. The second-order valence-corrected chi connectivity index (χ2v) is 8.29. The van der Waals surface area contributed by atoms with Crippen LogP contribution in [-0.4, -0.2) is 60.6 Å². The molecule has 2 heterocycles. The van der Waals surface area contributed by atoms with Gasteiger partial charge in [-0.3, -0.25) is 9.69 Å². The molecule has 2 aliphatic heterocycles.